The largest absolute Gasteiger partial charge is 0.435 e. The average molecular weight is 469 g/mol. The van der Waals surface area contributed by atoms with E-state index in [0.29, 0.717) is 12.0 Å². The zero-order valence-corrected chi connectivity index (χ0v) is 17.2. The Morgan fingerprint density at radius 1 is 1.34 bits per heavy atom. The van der Waals surface area contributed by atoms with E-state index in [1.165, 1.54) is 23.4 Å². The summed E-state index contributed by atoms with van der Waals surface area (Å²) >= 11 is 5.86. The number of nitrogens with one attached hydrogen (secondary N) is 2. The van der Waals surface area contributed by atoms with Crippen molar-refractivity contribution in [2.75, 3.05) is 6.54 Å². The molecular formula is C19H19ClF2N6O4. The van der Waals surface area contributed by atoms with Crippen LogP contribution in [0, 0.1) is 5.41 Å². The highest BCUT2D eigenvalue weighted by Crippen LogP contribution is 2.29. The van der Waals surface area contributed by atoms with Crippen LogP contribution in [-0.4, -0.2) is 56.8 Å². The molecule has 32 heavy (non-hydrogen) atoms. The molecule has 3 rings (SSSR count). The van der Waals surface area contributed by atoms with Crippen LogP contribution < -0.4 is 15.8 Å². The maximum absolute atomic E-state index is 12.7. The van der Waals surface area contributed by atoms with Gasteiger partial charge >= 0.3 is 6.61 Å². The van der Waals surface area contributed by atoms with Gasteiger partial charge in [-0.2, -0.15) is 8.78 Å². The normalized spacial score (nSPS) is 16.3. The Kier molecular flexibility index (Phi) is 7.15. The van der Waals surface area contributed by atoms with E-state index in [1.54, 1.807) is 0 Å². The van der Waals surface area contributed by atoms with Crippen molar-refractivity contribution in [2.24, 2.45) is 5.73 Å². The summed E-state index contributed by atoms with van der Waals surface area (Å²) in [4.78, 5) is 34.3. The Hall–Kier alpha value is -3.38. The molecule has 0 saturated carbocycles. The van der Waals surface area contributed by atoms with Crippen LogP contribution in [0.25, 0.3) is 0 Å². The summed E-state index contributed by atoms with van der Waals surface area (Å²) in [5.41, 5.74) is 5.63. The van der Waals surface area contributed by atoms with Crippen LogP contribution in [-0.2, 0) is 16.1 Å². The number of alkyl halides is 2. The first-order valence-corrected chi connectivity index (χ1v) is 9.70. The Morgan fingerprint density at radius 3 is 2.59 bits per heavy atom. The number of aliphatic hydroxyl groups is 1. The average Bonchev–Trinajstić information content (AvgIpc) is 2.70. The van der Waals surface area contributed by atoms with Gasteiger partial charge in [-0.15, -0.1) is 0 Å². The van der Waals surface area contributed by atoms with Crippen LogP contribution >= 0.6 is 11.6 Å². The molecule has 0 bridgehead atoms. The van der Waals surface area contributed by atoms with Crippen molar-refractivity contribution in [3.8, 4) is 5.75 Å². The number of rotatable bonds is 8. The van der Waals surface area contributed by atoms with Gasteiger partial charge in [0.05, 0.1) is 12.1 Å². The number of hydrogen-bond donors (Lipinski definition) is 4. The highest BCUT2D eigenvalue weighted by molar-refractivity contribution is 6.30. The molecule has 1 aromatic heterocycles. The summed E-state index contributed by atoms with van der Waals surface area (Å²) < 4.78 is 29.2. The molecule has 170 valence electrons. The Morgan fingerprint density at radius 2 is 2.03 bits per heavy atom. The molecule has 13 heteroatoms. The van der Waals surface area contributed by atoms with Gasteiger partial charge in [0.25, 0.3) is 5.91 Å². The molecule has 1 aliphatic rings. The van der Waals surface area contributed by atoms with Crippen molar-refractivity contribution in [1.82, 2.24) is 20.2 Å². The van der Waals surface area contributed by atoms with Gasteiger partial charge in [-0.25, -0.2) is 9.97 Å². The number of halogens is 3. The third-order valence-corrected chi connectivity index (χ3v) is 4.93. The van der Waals surface area contributed by atoms with Gasteiger partial charge in [-0.3, -0.25) is 15.0 Å². The van der Waals surface area contributed by atoms with Crippen molar-refractivity contribution in [1.29, 1.82) is 5.41 Å². The summed E-state index contributed by atoms with van der Waals surface area (Å²) in [5, 5.41) is 20.3. The molecule has 2 aromatic rings. The number of amides is 2. The zero-order valence-electron chi connectivity index (χ0n) is 16.5. The number of hydrogen-bond acceptors (Lipinski definition) is 7. The van der Waals surface area contributed by atoms with Crippen molar-refractivity contribution in [3.05, 3.63) is 52.6 Å². The van der Waals surface area contributed by atoms with Crippen LogP contribution in [0.4, 0.5) is 8.78 Å². The molecule has 0 spiro atoms. The SMILES string of the molecule is N=C(N)c1cnc(CNC(=O)[C@@H]2CCN2C(=O)C(O)c2cc(Cl)cc(OC(F)F)c2)nc1. The Bertz CT molecular complexity index is 1020. The highest BCUT2D eigenvalue weighted by Gasteiger charge is 2.40. The molecule has 2 atom stereocenters. The number of ether oxygens (including phenoxy) is 1. The summed E-state index contributed by atoms with van der Waals surface area (Å²) in [6.07, 6.45) is 1.36. The van der Waals surface area contributed by atoms with E-state index in [4.69, 9.17) is 22.7 Å². The van der Waals surface area contributed by atoms with Crippen LogP contribution in [0.1, 0.15) is 29.5 Å². The fourth-order valence-corrected chi connectivity index (χ4v) is 3.24. The summed E-state index contributed by atoms with van der Waals surface area (Å²) in [5.74, 6) is -1.45. The molecule has 1 aromatic carbocycles. The number of likely N-dealkylation sites (tertiary alicyclic amines) is 1. The molecule has 5 N–H and O–H groups in total. The first-order chi connectivity index (χ1) is 15.2. The minimum Gasteiger partial charge on any atom is -0.435 e. The fraction of sp³-hybridized carbons (Fsp3) is 0.316. The molecule has 1 saturated heterocycles. The predicted molar refractivity (Wildman–Crippen MR) is 108 cm³/mol. The van der Waals surface area contributed by atoms with Gasteiger partial charge in [-0.1, -0.05) is 11.6 Å². The number of nitrogens with two attached hydrogens (primary N) is 1. The number of aromatic nitrogens is 2. The van der Waals surface area contributed by atoms with Crippen molar-refractivity contribution in [2.45, 2.75) is 31.7 Å². The topological polar surface area (TPSA) is 155 Å². The maximum Gasteiger partial charge on any atom is 0.387 e. The molecule has 1 aliphatic heterocycles. The summed E-state index contributed by atoms with van der Waals surface area (Å²) in [6, 6.07) is 2.64. The van der Waals surface area contributed by atoms with Gasteiger partial charge < -0.3 is 25.8 Å². The second-order valence-corrected chi connectivity index (χ2v) is 7.29. The number of carbonyl (C=O) groups excluding carboxylic acids is 2. The molecule has 0 aliphatic carbocycles. The third kappa shape index (κ3) is 5.45. The molecular weight excluding hydrogens is 450 g/mol. The molecule has 0 radical (unpaired) electrons. The second kappa shape index (κ2) is 9.83. The van der Waals surface area contributed by atoms with Crippen molar-refractivity contribution >= 4 is 29.3 Å². The zero-order chi connectivity index (χ0) is 23.4. The number of nitrogens with zero attached hydrogens (tertiary/aromatic N) is 3. The van der Waals surface area contributed by atoms with Crippen LogP contribution in [0.2, 0.25) is 5.02 Å². The third-order valence-electron chi connectivity index (χ3n) is 4.71. The van der Waals surface area contributed by atoms with Gasteiger partial charge in [0.1, 0.15) is 23.5 Å². The number of carbonyl (C=O) groups is 2. The smallest absolute Gasteiger partial charge is 0.387 e. The molecule has 2 amide bonds. The van der Waals surface area contributed by atoms with Crippen molar-refractivity contribution < 1.29 is 28.2 Å². The van der Waals surface area contributed by atoms with E-state index >= 15 is 0 Å². The van der Waals surface area contributed by atoms with Gasteiger partial charge in [0.2, 0.25) is 5.91 Å². The quantitative estimate of drug-likeness (QED) is 0.332. The standard InChI is InChI=1S/C19H19ClF2N6O4/c20-11-3-9(4-12(5-11)32-19(21)22)15(29)18(31)28-2-1-13(28)17(30)27-8-14-25-6-10(7-26-14)16(23)24/h3-7,13,15,19,29H,1-2,8H2,(H3,23,24)(H,27,30)/t13-,15?/m0/s1. The van der Waals surface area contributed by atoms with E-state index < -0.39 is 30.6 Å². The van der Waals surface area contributed by atoms with Crippen LogP contribution in [0.3, 0.4) is 0 Å². The molecule has 2 heterocycles. The first kappa shape index (κ1) is 23.3. The Labute approximate surface area is 185 Å². The van der Waals surface area contributed by atoms with E-state index in [9.17, 15) is 23.5 Å². The fourth-order valence-electron chi connectivity index (χ4n) is 3.01. The Balaban J connectivity index is 1.61. The number of aliphatic hydroxyl groups excluding tert-OH is 1. The van der Waals surface area contributed by atoms with Gasteiger partial charge in [0.15, 0.2) is 6.10 Å². The number of benzene rings is 1. The summed E-state index contributed by atoms with van der Waals surface area (Å²) in [6.45, 7) is -2.88. The lowest BCUT2D eigenvalue weighted by atomic mass is 9.99. The monoisotopic (exact) mass is 468 g/mol. The molecule has 1 unspecified atom stereocenters. The van der Waals surface area contributed by atoms with E-state index in [1.807, 2.05) is 0 Å². The van der Waals surface area contributed by atoms with Crippen LogP contribution in [0.5, 0.6) is 5.75 Å². The summed E-state index contributed by atoms with van der Waals surface area (Å²) in [7, 11) is 0. The minimum absolute atomic E-state index is 0.00121. The van der Waals surface area contributed by atoms with E-state index in [-0.39, 0.29) is 41.1 Å². The van der Waals surface area contributed by atoms with E-state index in [2.05, 4.69) is 20.0 Å². The van der Waals surface area contributed by atoms with E-state index in [0.717, 1.165) is 12.1 Å². The first-order valence-electron chi connectivity index (χ1n) is 9.32. The maximum atomic E-state index is 12.7. The van der Waals surface area contributed by atoms with Crippen molar-refractivity contribution in [3.63, 3.8) is 0 Å². The number of amidine groups is 1. The lowest BCUT2D eigenvalue weighted by Gasteiger charge is -2.40. The lowest BCUT2D eigenvalue weighted by molar-refractivity contribution is -0.154. The highest BCUT2D eigenvalue weighted by atomic mass is 35.5. The minimum atomic E-state index is -3.10. The van der Waals surface area contributed by atoms with Crippen LogP contribution in [0.15, 0.2) is 30.6 Å². The van der Waals surface area contributed by atoms with Gasteiger partial charge in [0, 0.05) is 24.0 Å². The molecule has 10 nitrogen and oxygen atoms in total. The number of nitrogen functional groups attached to an aromatic ring is 1. The lowest BCUT2D eigenvalue weighted by Crippen LogP contribution is -2.59. The second-order valence-electron chi connectivity index (χ2n) is 6.86. The molecule has 1 fully saturated rings. The predicted octanol–water partition coefficient (Wildman–Crippen LogP) is 0.966. The van der Waals surface area contributed by atoms with Gasteiger partial charge in [-0.05, 0) is 30.2 Å².